The second-order valence-corrected chi connectivity index (χ2v) is 4.41. The molecule has 1 unspecified atom stereocenters. The normalized spacial score (nSPS) is 19.5. The number of benzene rings is 1. The summed E-state index contributed by atoms with van der Waals surface area (Å²) in [5.41, 5.74) is 8.35. The van der Waals surface area contributed by atoms with Gasteiger partial charge in [0, 0.05) is 11.3 Å². The van der Waals surface area contributed by atoms with Gasteiger partial charge in [0.2, 0.25) is 5.82 Å². The Hall–Kier alpha value is -1.92. The molecule has 6 nitrogen and oxygen atoms in total. The van der Waals surface area contributed by atoms with E-state index in [1.807, 2.05) is 25.1 Å². The van der Waals surface area contributed by atoms with Crippen molar-refractivity contribution in [1.29, 1.82) is 0 Å². The van der Waals surface area contributed by atoms with Crippen LogP contribution in [0.4, 0.5) is 5.69 Å². The van der Waals surface area contributed by atoms with Crippen LogP contribution in [0.1, 0.15) is 17.5 Å². The first-order chi connectivity index (χ1) is 9.25. The van der Waals surface area contributed by atoms with E-state index < -0.39 is 0 Å². The van der Waals surface area contributed by atoms with E-state index in [-0.39, 0.29) is 6.10 Å². The van der Waals surface area contributed by atoms with Gasteiger partial charge in [-0.15, -0.1) is 0 Å². The van der Waals surface area contributed by atoms with Crippen LogP contribution in [0.25, 0.3) is 11.5 Å². The monoisotopic (exact) mass is 261 g/mol. The van der Waals surface area contributed by atoms with Crippen molar-refractivity contribution in [3.63, 3.8) is 0 Å². The zero-order valence-corrected chi connectivity index (χ0v) is 10.6. The van der Waals surface area contributed by atoms with E-state index in [0.29, 0.717) is 37.2 Å². The molecular weight excluding hydrogens is 246 g/mol. The Bertz CT molecular complexity index is 576. The Morgan fingerprint density at radius 1 is 1.32 bits per heavy atom. The Morgan fingerprint density at radius 2 is 2.21 bits per heavy atom. The topological polar surface area (TPSA) is 83.4 Å². The van der Waals surface area contributed by atoms with Gasteiger partial charge >= 0.3 is 0 Å². The highest BCUT2D eigenvalue weighted by Gasteiger charge is 2.23. The van der Waals surface area contributed by atoms with E-state index in [0.717, 1.165) is 11.1 Å². The van der Waals surface area contributed by atoms with Gasteiger partial charge in [-0.3, -0.25) is 0 Å². The summed E-state index contributed by atoms with van der Waals surface area (Å²) < 4.78 is 16.1. The van der Waals surface area contributed by atoms with Crippen LogP contribution in [0.5, 0.6) is 0 Å². The van der Waals surface area contributed by atoms with Gasteiger partial charge < -0.3 is 19.7 Å². The first-order valence-corrected chi connectivity index (χ1v) is 6.14. The second-order valence-electron chi connectivity index (χ2n) is 4.41. The Labute approximate surface area is 110 Å². The molecule has 0 saturated carbocycles. The van der Waals surface area contributed by atoms with Crippen molar-refractivity contribution in [2.24, 2.45) is 0 Å². The molecule has 1 aliphatic rings. The van der Waals surface area contributed by atoms with Crippen molar-refractivity contribution in [1.82, 2.24) is 10.1 Å². The first-order valence-electron chi connectivity index (χ1n) is 6.14. The maximum absolute atomic E-state index is 5.87. The van der Waals surface area contributed by atoms with E-state index >= 15 is 0 Å². The summed E-state index contributed by atoms with van der Waals surface area (Å²) in [7, 11) is 0. The average Bonchev–Trinajstić information content (AvgIpc) is 2.92. The summed E-state index contributed by atoms with van der Waals surface area (Å²) in [6.07, 6.45) is -0.257. The number of hydrogen-bond donors (Lipinski definition) is 1. The summed E-state index contributed by atoms with van der Waals surface area (Å²) in [6, 6.07) is 5.61. The molecule has 0 spiro atoms. The van der Waals surface area contributed by atoms with Crippen molar-refractivity contribution in [2.45, 2.75) is 13.0 Å². The molecule has 100 valence electrons. The fourth-order valence-corrected chi connectivity index (χ4v) is 2.00. The number of nitrogen functional groups attached to an aromatic ring is 1. The SMILES string of the molecule is Cc1c(N)cccc1-c1nc(C2COCCO2)no1. The number of nitrogens with two attached hydrogens (primary N) is 1. The Kier molecular flexibility index (Phi) is 3.18. The summed E-state index contributed by atoms with van der Waals surface area (Å²) in [5, 5.41) is 3.96. The fourth-order valence-electron chi connectivity index (χ4n) is 2.00. The molecule has 1 aromatic carbocycles. The van der Waals surface area contributed by atoms with Crippen molar-refractivity contribution >= 4 is 5.69 Å². The third kappa shape index (κ3) is 2.32. The van der Waals surface area contributed by atoms with Crippen molar-refractivity contribution in [3.05, 3.63) is 29.6 Å². The second kappa shape index (κ2) is 4.99. The van der Waals surface area contributed by atoms with Crippen LogP contribution in [0.15, 0.2) is 22.7 Å². The number of hydrogen-bond acceptors (Lipinski definition) is 6. The predicted molar refractivity (Wildman–Crippen MR) is 68.4 cm³/mol. The molecule has 6 heteroatoms. The molecule has 1 saturated heterocycles. The molecule has 0 aliphatic carbocycles. The highest BCUT2D eigenvalue weighted by molar-refractivity contribution is 5.66. The predicted octanol–water partition coefficient (Wildman–Crippen LogP) is 1.72. The van der Waals surface area contributed by atoms with E-state index in [2.05, 4.69) is 10.1 Å². The van der Waals surface area contributed by atoms with Crippen LogP contribution in [-0.2, 0) is 9.47 Å². The van der Waals surface area contributed by atoms with Crippen LogP contribution in [0, 0.1) is 6.92 Å². The highest BCUT2D eigenvalue weighted by Crippen LogP contribution is 2.27. The standard InChI is InChI=1S/C13H15N3O3/c1-8-9(3-2-4-10(8)14)13-15-12(16-19-13)11-7-17-5-6-18-11/h2-4,11H,5-7,14H2,1H3. The molecule has 1 aromatic heterocycles. The van der Waals surface area contributed by atoms with Gasteiger partial charge in [0.05, 0.1) is 19.8 Å². The zero-order valence-electron chi connectivity index (χ0n) is 10.6. The van der Waals surface area contributed by atoms with Crippen LogP contribution < -0.4 is 5.73 Å². The third-order valence-corrected chi connectivity index (χ3v) is 3.15. The molecule has 2 N–H and O–H groups in total. The first kappa shape index (κ1) is 12.1. The third-order valence-electron chi connectivity index (χ3n) is 3.15. The molecular formula is C13H15N3O3. The van der Waals surface area contributed by atoms with Gasteiger partial charge in [-0.2, -0.15) is 4.98 Å². The summed E-state index contributed by atoms with van der Waals surface area (Å²) >= 11 is 0. The van der Waals surface area contributed by atoms with Crippen LogP contribution in [-0.4, -0.2) is 30.0 Å². The van der Waals surface area contributed by atoms with Gasteiger partial charge in [0.1, 0.15) is 6.10 Å². The van der Waals surface area contributed by atoms with Crippen LogP contribution in [0.2, 0.25) is 0 Å². The number of ether oxygens (including phenoxy) is 2. The molecule has 1 aliphatic heterocycles. The summed E-state index contributed by atoms with van der Waals surface area (Å²) in [6.45, 7) is 3.53. The molecule has 19 heavy (non-hydrogen) atoms. The maximum atomic E-state index is 5.87. The van der Waals surface area contributed by atoms with E-state index in [1.165, 1.54) is 0 Å². The lowest BCUT2D eigenvalue weighted by atomic mass is 10.1. The molecule has 1 atom stereocenters. The highest BCUT2D eigenvalue weighted by atomic mass is 16.6. The van der Waals surface area contributed by atoms with Crippen LogP contribution in [0.3, 0.4) is 0 Å². The summed E-state index contributed by atoms with van der Waals surface area (Å²) in [4.78, 5) is 4.37. The van der Waals surface area contributed by atoms with Crippen molar-refractivity contribution in [2.75, 3.05) is 25.6 Å². The molecule has 2 heterocycles. The summed E-state index contributed by atoms with van der Waals surface area (Å²) in [5.74, 6) is 0.963. The van der Waals surface area contributed by atoms with Gasteiger partial charge in [0.25, 0.3) is 5.89 Å². The average molecular weight is 261 g/mol. The molecule has 0 radical (unpaired) electrons. The molecule has 0 bridgehead atoms. The number of rotatable bonds is 2. The smallest absolute Gasteiger partial charge is 0.258 e. The lowest BCUT2D eigenvalue weighted by molar-refractivity contribution is -0.0941. The van der Waals surface area contributed by atoms with Crippen LogP contribution >= 0.6 is 0 Å². The minimum absolute atomic E-state index is 0.257. The van der Waals surface area contributed by atoms with E-state index in [4.69, 9.17) is 19.7 Å². The van der Waals surface area contributed by atoms with Crippen molar-refractivity contribution in [3.8, 4) is 11.5 Å². The lowest BCUT2D eigenvalue weighted by Gasteiger charge is -2.19. The van der Waals surface area contributed by atoms with Gasteiger partial charge in [-0.05, 0) is 24.6 Å². The minimum Gasteiger partial charge on any atom is -0.398 e. The Morgan fingerprint density at radius 3 is 3.00 bits per heavy atom. The van der Waals surface area contributed by atoms with Gasteiger partial charge in [-0.1, -0.05) is 11.2 Å². The molecule has 2 aromatic rings. The lowest BCUT2D eigenvalue weighted by Crippen LogP contribution is -2.22. The number of aromatic nitrogens is 2. The molecule has 0 amide bonds. The number of anilines is 1. The zero-order chi connectivity index (χ0) is 13.2. The largest absolute Gasteiger partial charge is 0.398 e. The van der Waals surface area contributed by atoms with E-state index in [9.17, 15) is 0 Å². The number of nitrogens with zero attached hydrogens (tertiary/aromatic N) is 2. The quantitative estimate of drug-likeness (QED) is 0.829. The minimum atomic E-state index is -0.257. The Balaban J connectivity index is 1.90. The molecule has 1 fully saturated rings. The van der Waals surface area contributed by atoms with Gasteiger partial charge in [-0.25, -0.2) is 0 Å². The van der Waals surface area contributed by atoms with E-state index in [1.54, 1.807) is 0 Å². The van der Waals surface area contributed by atoms with Gasteiger partial charge in [0.15, 0.2) is 0 Å². The fraction of sp³-hybridized carbons (Fsp3) is 0.385. The maximum Gasteiger partial charge on any atom is 0.258 e. The molecule has 3 rings (SSSR count). The van der Waals surface area contributed by atoms with Crippen molar-refractivity contribution < 1.29 is 14.0 Å².